The van der Waals surface area contributed by atoms with Crippen molar-refractivity contribution in [3.8, 4) is 0 Å². The van der Waals surface area contributed by atoms with E-state index in [9.17, 15) is 18.0 Å². The third-order valence-electron chi connectivity index (χ3n) is 5.39. The van der Waals surface area contributed by atoms with Crippen molar-refractivity contribution in [2.24, 2.45) is 5.92 Å². The lowest BCUT2D eigenvalue weighted by Crippen LogP contribution is -2.52. The lowest BCUT2D eigenvalue weighted by atomic mass is 10.0. The number of likely N-dealkylation sites (tertiary alicyclic amines) is 1. The van der Waals surface area contributed by atoms with Crippen molar-refractivity contribution < 1.29 is 18.0 Å². The molecule has 154 valence electrons. The van der Waals surface area contributed by atoms with E-state index in [0.29, 0.717) is 38.0 Å². The molecule has 0 aliphatic carbocycles. The number of carbonyl (C=O) groups is 2. The van der Waals surface area contributed by atoms with Gasteiger partial charge in [0.15, 0.2) is 0 Å². The van der Waals surface area contributed by atoms with Crippen LogP contribution in [0.3, 0.4) is 0 Å². The van der Waals surface area contributed by atoms with Gasteiger partial charge in [-0.05, 0) is 61.8 Å². The molecule has 1 saturated heterocycles. The number of piperidine rings is 1. The fourth-order valence-corrected chi connectivity index (χ4v) is 5.12. The van der Waals surface area contributed by atoms with Crippen molar-refractivity contribution in [3.63, 3.8) is 0 Å². The smallest absolute Gasteiger partial charge is 0.241 e. The summed E-state index contributed by atoms with van der Waals surface area (Å²) in [5.74, 6) is -0.371. The lowest BCUT2D eigenvalue weighted by Gasteiger charge is -2.32. The van der Waals surface area contributed by atoms with Gasteiger partial charge >= 0.3 is 0 Å². The first kappa shape index (κ1) is 20.8. The van der Waals surface area contributed by atoms with Crippen LogP contribution in [0, 0.1) is 5.92 Å². The number of anilines is 1. The average Bonchev–Trinajstić information content (AvgIpc) is 2.86. The monoisotopic (exact) mass is 407 g/mol. The van der Waals surface area contributed by atoms with E-state index in [1.165, 1.54) is 6.07 Å². The third kappa shape index (κ3) is 4.72. The Balaban J connectivity index is 1.82. The van der Waals surface area contributed by atoms with Crippen LogP contribution in [0.15, 0.2) is 23.1 Å². The first-order chi connectivity index (χ1) is 13.3. The summed E-state index contributed by atoms with van der Waals surface area (Å²) in [5, 5.41) is 2.81. The molecule has 7 nitrogen and oxygen atoms in total. The Labute approximate surface area is 166 Å². The molecular weight excluding hydrogens is 378 g/mol. The molecule has 0 bridgehead atoms. The molecule has 2 aliphatic heterocycles. The van der Waals surface area contributed by atoms with Gasteiger partial charge in [-0.25, -0.2) is 8.42 Å². The number of carbonyl (C=O) groups excluding carboxylic acids is 2. The summed E-state index contributed by atoms with van der Waals surface area (Å²) in [6.07, 6.45) is 4.76. The number of nitrogens with zero attached hydrogens (tertiary/aromatic N) is 1. The Morgan fingerprint density at radius 3 is 2.50 bits per heavy atom. The molecule has 0 saturated carbocycles. The van der Waals surface area contributed by atoms with E-state index in [4.69, 9.17) is 0 Å². The maximum absolute atomic E-state index is 13.0. The summed E-state index contributed by atoms with van der Waals surface area (Å²) in [6, 6.07) is 3.92. The van der Waals surface area contributed by atoms with E-state index in [0.717, 1.165) is 24.8 Å². The van der Waals surface area contributed by atoms with Crippen LogP contribution in [0.5, 0.6) is 0 Å². The van der Waals surface area contributed by atoms with Gasteiger partial charge in [0, 0.05) is 25.2 Å². The number of rotatable bonds is 5. The number of hydrogen-bond acceptors (Lipinski definition) is 4. The highest BCUT2D eigenvalue weighted by Crippen LogP contribution is 2.25. The maximum atomic E-state index is 13.0. The Morgan fingerprint density at radius 1 is 1.11 bits per heavy atom. The van der Waals surface area contributed by atoms with Gasteiger partial charge in [-0.2, -0.15) is 4.72 Å². The van der Waals surface area contributed by atoms with Gasteiger partial charge in [-0.15, -0.1) is 0 Å². The van der Waals surface area contributed by atoms with Crippen LogP contribution in [-0.4, -0.2) is 44.3 Å². The minimum Gasteiger partial charge on any atom is -0.341 e. The second kappa shape index (κ2) is 8.61. The molecule has 2 amide bonds. The zero-order chi connectivity index (χ0) is 20.3. The fraction of sp³-hybridized carbons (Fsp3) is 0.600. The first-order valence-corrected chi connectivity index (χ1v) is 11.5. The molecule has 28 heavy (non-hydrogen) atoms. The molecule has 8 heteroatoms. The van der Waals surface area contributed by atoms with Gasteiger partial charge in [-0.3, -0.25) is 9.59 Å². The molecule has 0 aromatic heterocycles. The predicted octanol–water partition coefficient (Wildman–Crippen LogP) is 2.28. The summed E-state index contributed by atoms with van der Waals surface area (Å²) in [5.41, 5.74) is 1.46. The Kier molecular flexibility index (Phi) is 6.40. The van der Waals surface area contributed by atoms with Gasteiger partial charge in [0.05, 0.1) is 4.90 Å². The molecule has 0 radical (unpaired) electrons. The van der Waals surface area contributed by atoms with Crippen LogP contribution in [0.1, 0.15) is 51.5 Å². The summed E-state index contributed by atoms with van der Waals surface area (Å²) in [7, 11) is -3.86. The SMILES string of the molecule is CC(C)[C@H](NS(=O)(=O)c1ccc2c(c1)CCCC(=O)N2)C(=O)N1CCCCC1. The second-order valence-corrected chi connectivity index (χ2v) is 9.66. The molecule has 0 unspecified atom stereocenters. The van der Waals surface area contributed by atoms with Gasteiger partial charge in [-0.1, -0.05) is 13.8 Å². The van der Waals surface area contributed by atoms with Crippen LogP contribution in [0.2, 0.25) is 0 Å². The van der Waals surface area contributed by atoms with E-state index in [2.05, 4.69) is 10.0 Å². The van der Waals surface area contributed by atoms with Crippen LogP contribution in [0.4, 0.5) is 5.69 Å². The Hall–Kier alpha value is -1.93. The fourth-order valence-electron chi connectivity index (χ4n) is 3.74. The largest absolute Gasteiger partial charge is 0.341 e. The molecule has 3 rings (SSSR count). The molecule has 1 atom stereocenters. The molecule has 2 N–H and O–H groups in total. The van der Waals surface area contributed by atoms with Crippen molar-refractivity contribution in [1.82, 2.24) is 9.62 Å². The van der Waals surface area contributed by atoms with Gasteiger partial charge in [0.2, 0.25) is 21.8 Å². The zero-order valence-electron chi connectivity index (χ0n) is 16.5. The van der Waals surface area contributed by atoms with Crippen molar-refractivity contribution in [2.45, 2.75) is 63.3 Å². The highest BCUT2D eigenvalue weighted by Gasteiger charge is 2.32. The van der Waals surface area contributed by atoms with Crippen LogP contribution >= 0.6 is 0 Å². The van der Waals surface area contributed by atoms with E-state index < -0.39 is 16.1 Å². The lowest BCUT2D eigenvalue weighted by molar-refractivity contribution is -0.134. The normalized spacial score (nSPS) is 19.0. The Bertz CT molecular complexity index is 845. The van der Waals surface area contributed by atoms with Crippen LogP contribution < -0.4 is 10.0 Å². The predicted molar refractivity (Wildman–Crippen MR) is 107 cm³/mol. The van der Waals surface area contributed by atoms with Gasteiger partial charge in [0.25, 0.3) is 0 Å². The summed E-state index contributed by atoms with van der Waals surface area (Å²) < 4.78 is 28.6. The average molecular weight is 408 g/mol. The van der Waals surface area contributed by atoms with Crippen molar-refractivity contribution in [2.75, 3.05) is 18.4 Å². The number of benzene rings is 1. The van der Waals surface area contributed by atoms with Crippen molar-refractivity contribution in [3.05, 3.63) is 23.8 Å². The van der Waals surface area contributed by atoms with Gasteiger partial charge in [0.1, 0.15) is 6.04 Å². The summed E-state index contributed by atoms with van der Waals surface area (Å²) in [6.45, 7) is 5.06. The van der Waals surface area contributed by atoms with E-state index in [1.54, 1.807) is 17.0 Å². The number of hydrogen-bond donors (Lipinski definition) is 2. The van der Waals surface area contributed by atoms with E-state index in [1.807, 2.05) is 13.8 Å². The molecule has 1 aromatic rings. The number of nitrogens with one attached hydrogen (secondary N) is 2. The summed E-state index contributed by atoms with van der Waals surface area (Å²) >= 11 is 0. The van der Waals surface area contributed by atoms with E-state index in [-0.39, 0.29) is 22.6 Å². The molecule has 1 fully saturated rings. The molecule has 0 spiro atoms. The van der Waals surface area contributed by atoms with Crippen molar-refractivity contribution >= 4 is 27.5 Å². The van der Waals surface area contributed by atoms with Gasteiger partial charge < -0.3 is 10.2 Å². The molecule has 2 aliphatic rings. The van der Waals surface area contributed by atoms with E-state index >= 15 is 0 Å². The quantitative estimate of drug-likeness (QED) is 0.783. The highest BCUT2D eigenvalue weighted by atomic mass is 32.2. The van der Waals surface area contributed by atoms with Crippen LogP contribution in [0.25, 0.3) is 0 Å². The molecule has 2 heterocycles. The topological polar surface area (TPSA) is 95.6 Å². The molecular formula is C20H29N3O4S. The summed E-state index contributed by atoms with van der Waals surface area (Å²) in [4.78, 5) is 26.5. The van der Waals surface area contributed by atoms with Crippen molar-refractivity contribution in [1.29, 1.82) is 0 Å². The highest BCUT2D eigenvalue weighted by molar-refractivity contribution is 7.89. The Morgan fingerprint density at radius 2 is 1.82 bits per heavy atom. The minimum absolute atomic E-state index is 0.0560. The zero-order valence-corrected chi connectivity index (χ0v) is 17.3. The first-order valence-electron chi connectivity index (χ1n) is 10.0. The number of amides is 2. The number of sulfonamides is 1. The third-order valence-corrected chi connectivity index (χ3v) is 6.83. The molecule has 1 aromatic carbocycles. The van der Waals surface area contributed by atoms with Crippen LogP contribution in [-0.2, 0) is 26.0 Å². The standard InChI is InChI=1S/C20H29N3O4S/c1-14(2)19(20(25)23-11-4-3-5-12-23)22-28(26,27)16-9-10-17-15(13-16)7-6-8-18(24)21-17/h9-10,13-14,19,22H,3-8,11-12H2,1-2H3,(H,21,24)/t19-/m0/s1. The number of fused-ring (bicyclic) bond motifs is 1. The maximum Gasteiger partial charge on any atom is 0.241 e. The minimum atomic E-state index is -3.86. The second-order valence-electron chi connectivity index (χ2n) is 7.95. The number of aryl methyl sites for hydroxylation is 1.